The normalized spacial score (nSPS) is 17.1. The Morgan fingerprint density at radius 2 is 2.35 bits per heavy atom. The predicted molar refractivity (Wildman–Crippen MR) is 125 cm³/mol. The second kappa shape index (κ2) is 9.09. The van der Waals surface area contributed by atoms with Crippen LogP contribution in [-0.4, -0.2) is 44.5 Å². The summed E-state index contributed by atoms with van der Waals surface area (Å²) in [5.41, 5.74) is 1.08. The van der Waals surface area contributed by atoms with Crippen molar-refractivity contribution in [1.82, 2.24) is 19.4 Å². The van der Waals surface area contributed by atoms with Gasteiger partial charge in [-0.25, -0.2) is 4.98 Å². The van der Waals surface area contributed by atoms with Crippen LogP contribution in [0, 0.1) is 12.8 Å². The Morgan fingerprint density at radius 1 is 1.52 bits per heavy atom. The molecule has 8 heteroatoms. The molecule has 1 fully saturated rings. The van der Waals surface area contributed by atoms with Crippen molar-refractivity contribution in [3.8, 4) is 5.88 Å². The number of amides is 1. The molecule has 4 rings (SSSR count). The lowest BCUT2D eigenvalue weighted by Crippen LogP contribution is -2.29. The van der Waals surface area contributed by atoms with E-state index in [4.69, 9.17) is 9.72 Å². The molecule has 0 spiro atoms. The third-order valence-electron chi connectivity index (χ3n) is 5.70. The standard InChI is InChI=1S/C23H29N5O2S/c1-5-15(3)13-27-10-8-18-19(27)11-20(26-23-24-12-16(4)31-23)25-22(18)30-17-7-9-28(14-17)21(29)6-2/h6,8,10-12,15,17H,2,5,7,9,13-14H2,1,3-4H3,(H,24,25,26)/t15?,17-/m0/s1. The second-order valence-corrected chi connectivity index (χ2v) is 9.38. The van der Waals surface area contributed by atoms with Crippen LogP contribution in [0.25, 0.3) is 10.9 Å². The lowest BCUT2D eigenvalue weighted by Gasteiger charge is -2.17. The molecule has 1 amide bonds. The lowest BCUT2D eigenvalue weighted by atomic mass is 10.1. The van der Waals surface area contributed by atoms with Crippen LogP contribution in [0.1, 0.15) is 31.6 Å². The summed E-state index contributed by atoms with van der Waals surface area (Å²) in [6, 6.07) is 4.13. The van der Waals surface area contributed by atoms with Crippen molar-refractivity contribution in [3.05, 3.63) is 42.1 Å². The number of likely N-dealkylation sites (tertiary alicyclic amines) is 1. The first kappa shape index (κ1) is 21.4. The van der Waals surface area contributed by atoms with Gasteiger partial charge < -0.3 is 19.5 Å². The Labute approximate surface area is 186 Å². The monoisotopic (exact) mass is 439 g/mol. The molecular formula is C23H29N5O2S. The molecule has 4 heterocycles. The first-order valence-corrected chi connectivity index (χ1v) is 11.6. The molecule has 3 aromatic rings. The van der Waals surface area contributed by atoms with Gasteiger partial charge in [0.25, 0.3) is 0 Å². The van der Waals surface area contributed by atoms with Crippen molar-refractivity contribution in [2.75, 3.05) is 18.4 Å². The van der Waals surface area contributed by atoms with Crippen molar-refractivity contribution in [2.24, 2.45) is 5.92 Å². The molecule has 2 atom stereocenters. The molecule has 0 aliphatic carbocycles. The van der Waals surface area contributed by atoms with Gasteiger partial charge in [-0.3, -0.25) is 4.79 Å². The Bertz CT molecular complexity index is 1090. The highest BCUT2D eigenvalue weighted by molar-refractivity contribution is 7.15. The molecule has 1 saturated heterocycles. The van der Waals surface area contributed by atoms with Crippen molar-refractivity contribution in [2.45, 2.75) is 46.3 Å². The molecule has 0 bridgehead atoms. The van der Waals surface area contributed by atoms with Crippen molar-refractivity contribution in [3.63, 3.8) is 0 Å². The Hall–Kier alpha value is -2.87. The average molecular weight is 440 g/mol. The minimum atomic E-state index is -0.0881. The van der Waals surface area contributed by atoms with Crippen LogP contribution in [0.2, 0.25) is 0 Å². The van der Waals surface area contributed by atoms with Gasteiger partial charge in [0.05, 0.1) is 17.4 Å². The van der Waals surface area contributed by atoms with E-state index in [1.165, 1.54) is 6.08 Å². The van der Waals surface area contributed by atoms with E-state index in [1.54, 1.807) is 16.2 Å². The number of carbonyl (C=O) groups excluding carboxylic acids is 1. The number of carbonyl (C=O) groups is 1. The van der Waals surface area contributed by atoms with Crippen LogP contribution in [0.5, 0.6) is 5.88 Å². The Kier molecular flexibility index (Phi) is 6.27. The number of hydrogen-bond acceptors (Lipinski definition) is 6. The van der Waals surface area contributed by atoms with Crippen LogP contribution >= 0.6 is 11.3 Å². The van der Waals surface area contributed by atoms with Gasteiger partial charge >= 0.3 is 0 Å². The number of anilines is 2. The molecule has 164 valence electrons. The molecule has 0 radical (unpaired) electrons. The smallest absolute Gasteiger partial charge is 0.246 e. The summed E-state index contributed by atoms with van der Waals surface area (Å²) in [5, 5.41) is 5.12. The van der Waals surface area contributed by atoms with Crippen LogP contribution in [-0.2, 0) is 11.3 Å². The van der Waals surface area contributed by atoms with Crippen molar-refractivity contribution in [1.29, 1.82) is 0 Å². The average Bonchev–Trinajstić information content (AvgIpc) is 3.48. The highest BCUT2D eigenvalue weighted by Crippen LogP contribution is 2.32. The van der Waals surface area contributed by atoms with Crippen LogP contribution < -0.4 is 10.1 Å². The molecule has 31 heavy (non-hydrogen) atoms. The number of pyridine rings is 1. The summed E-state index contributed by atoms with van der Waals surface area (Å²) in [4.78, 5) is 24.0. The first-order valence-electron chi connectivity index (χ1n) is 10.7. The molecule has 3 aromatic heterocycles. The number of nitrogens with zero attached hydrogens (tertiary/aromatic N) is 4. The number of hydrogen-bond donors (Lipinski definition) is 1. The molecule has 0 saturated carbocycles. The SMILES string of the molecule is C=CC(=O)N1CC[C@H](Oc2nc(Nc3ncc(C)s3)cc3c2ccn3CC(C)CC)C1. The summed E-state index contributed by atoms with van der Waals surface area (Å²) < 4.78 is 8.59. The van der Waals surface area contributed by atoms with E-state index in [2.05, 4.69) is 53.6 Å². The van der Waals surface area contributed by atoms with E-state index < -0.39 is 0 Å². The van der Waals surface area contributed by atoms with Gasteiger partial charge in [0, 0.05) is 42.8 Å². The van der Waals surface area contributed by atoms with E-state index in [-0.39, 0.29) is 12.0 Å². The van der Waals surface area contributed by atoms with Gasteiger partial charge in [0.1, 0.15) is 11.9 Å². The minimum Gasteiger partial charge on any atom is -0.472 e. The quantitative estimate of drug-likeness (QED) is 0.513. The summed E-state index contributed by atoms with van der Waals surface area (Å²) >= 11 is 1.59. The van der Waals surface area contributed by atoms with Crippen LogP contribution in [0.4, 0.5) is 10.9 Å². The Morgan fingerprint density at radius 3 is 3.06 bits per heavy atom. The predicted octanol–water partition coefficient (Wildman–Crippen LogP) is 4.76. The summed E-state index contributed by atoms with van der Waals surface area (Å²) in [5.74, 6) is 1.81. The van der Waals surface area contributed by atoms with Gasteiger partial charge in [-0.15, -0.1) is 11.3 Å². The van der Waals surface area contributed by atoms with Gasteiger partial charge in [-0.2, -0.15) is 4.98 Å². The molecule has 1 unspecified atom stereocenters. The third kappa shape index (κ3) is 4.74. The maximum absolute atomic E-state index is 11.9. The molecule has 7 nitrogen and oxygen atoms in total. The van der Waals surface area contributed by atoms with Gasteiger partial charge in [-0.05, 0) is 25.0 Å². The number of thiazole rings is 1. The number of fused-ring (bicyclic) bond motifs is 1. The van der Waals surface area contributed by atoms with E-state index in [1.807, 2.05) is 13.1 Å². The van der Waals surface area contributed by atoms with E-state index in [0.717, 1.165) is 40.3 Å². The zero-order valence-corrected chi connectivity index (χ0v) is 19.1. The number of ether oxygens (including phenoxy) is 1. The topological polar surface area (TPSA) is 72.3 Å². The van der Waals surface area contributed by atoms with Crippen molar-refractivity contribution >= 4 is 39.1 Å². The minimum absolute atomic E-state index is 0.0570. The van der Waals surface area contributed by atoms with Gasteiger partial charge in [0.15, 0.2) is 5.13 Å². The molecular weight excluding hydrogens is 410 g/mol. The van der Waals surface area contributed by atoms with E-state index in [9.17, 15) is 4.79 Å². The fourth-order valence-electron chi connectivity index (χ4n) is 3.77. The second-order valence-electron chi connectivity index (χ2n) is 8.14. The number of rotatable bonds is 8. The van der Waals surface area contributed by atoms with E-state index in [0.29, 0.717) is 30.7 Å². The zero-order valence-electron chi connectivity index (χ0n) is 18.3. The maximum atomic E-state index is 11.9. The lowest BCUT2D eigenvalue weighted by molar-refractivity contribution is -0.125. The zero-order chi connectivity index (χ0) is 22.0. The molecule has 1 aliphatic rings. The third-order valence-corrected chi connectivity index (χ3v) is 6.53. The molecule has 1 N–H and O–H groups in total. The fourth-order valence-corrected chi connectivity index (χ4v) is 4.44. The number of aryl methyl sites for hydroxylation is 1. The van der Waals surface area contributed by atoms with Crippen LogP contribution in [0.15, 0.2) is 37.2 Å². The summed E-state index contributed by atoms with van der Waals surface area (Å²) in [6.07, 6.45) is 7.11. The molecule has 0 aromatic carbocycles. The fraction of sp³-hybridized carbons (Fsp3) is 0.435. The maximum Gasteiger partial charge on any atom is 0.246 e. The van der Waals surface area contributed by atoms with Crippen molar-refractivity contribution < 1.29 is 9.53 Å². The largest absolute Gasteiger partial charge is 0.472 e. The highest BCUT2D eigenvalue weighted by Gasteiger charge is 2.27. The Balaban J connectivity index is 1.65. The van der Waals surface area contributed by atoms with E-state index >= 15 is 0 Å². The first-order chi connectivity index (χ1) is 15.0. The van der Waals surface area contributed by atoms with Crippen LogP contribution in [0.3, 0.4) is 0 Å². The van der Waals surface area contributed by atoms with Gasteiger partial charge in [-0.1, -0.05) is 26.8 Å². The number of nitrogens with one attached hydrogen (secondary N) is 1. The number of aromatic nitrogens is 3. The highest BCUT2D eigenvalue weighted by atomic mass is 32.1. The van der Waals surface area contributed by atoms with Gasteiger partial charge in [0.2, 0.25) is 11.8 Å². The summed E-state index contributed by atoms with van der Waals surface area (Å²) in [7, 11) is 0. The summed E-state index contributed by atoms with van der Waals surface area (Å²) in [6.45, 7) is 12.2. The molecule has 1 aliphatic heterocycles.